The van der Waals surface area contributed by atoms with Gasteiger partial charge in [-0.25, -0.2) is 0 Å². The van der Waals surface area contributed by atoms with Gasteiger partial charge in [0.05, 0.1) is 25.4 Å². The molecule has 1 amide bonds. The monoisotopic (exact) mass is 644 g/mol. The highest BCUT2D eigenvalue weighted by atomic mass is 16.7. The van der Waals surface area contributed by atoms with Crippen LogP contribution < -0.4 is 5.32 Å². The van der Waals surface area contributed by atoms with E-state index >= 15 is 0 Å². The second-order valence-electron chi connectivity index (χ2n) is 13.0. The van der Waals surface area contributed by atoms with Crippen LogP contribution in [-0.4, -0.2) is 87.5 Å². The second kappa shape index (κ2) is 28.0. The van der Waals surface area contributed by atoms with Gasteiger partial charge in [-0.1, -0.05) is 142 Å². The third-order valence-electron chi connectivity index (χ3n) is 8.83. The van der Waals surface area contributed by atoms with Gasteiger partial charge in [-0.3, -0.25) is 4.79 Å². The van der Waals surface area contributed by atoms with E-state index in [0.29, 0.717) is 12.8 Å². The number of aliphatic hydroxyl groups excluding tert-OH is 5. The summed E-state index contributed by atoms with van der Waals surface area (Å²) in [6.45, 7) is 3.40. The number of allylic oxidation sites excluding steroid dienone is 1. The fourth-order valence-electron chi connectivity index (χ4n) is 5.85. The highest BCUT2D eigenvalue weighted by Crippen LogP contribution is 2.22. The van der Waals surface area contributed by atoms with E-state index in [1.54, 1.807) is 6.08 Å². The zero-order valence-corrected chi connectivity index (χ0v) is 28.6. The summed E-state index contributed by atoms with van der Waals surface area (Å²) in [6, 6.07) is -0.794. The Bertz CT molecular complexity index is 721. The molecule has 1 rings (SSSR count). The van der Waals surface area contributed by atoms with Gasteiger partial charge in [0.2, 0.25) is 5.91 Å². The van der Waals surface area contributed by atoms with Crippen molar-refractivity contribution in [2.75, 3.05) is 13.2 Å². The lowest BCUT2D eigenvalue weighted by Gasteiger charge is -2.40. The molecule has 0 bridgehead atoms. The molecule has 7 unspecified atom stereocenters. The van der Waals surface area contributed by atoms with Crippen molar-refractivity contribution >= 4 is 5.91 Å². The zero-order valence-electron chi connectivity index (χ0n) is 28.6. The zero-order chi connectivity index (χ0) is 33.1. The van der Waals surface area contributed by atoms with E-state index in [9.17, 15) is 30.3 Å². The fraction of sp³-hybridized carbons (Fsp3) is 0.917. The van der Waals surface area contributed by atoms with Crippen molar-refractivity contribution in [1.82, 2.24) is 5.32 Å². The van der Waals surface area contributed by atoms with E-state index in [1.165, 1.54) is 109 Å². The van der Waals surface area contributed by atoms with Gasteiger partial charge in [-0.15, -0.1) is 0 Å². The van der Waals surface area contributed by atoms with Crippen LogP contribution in [-0.2, 0) is 14.3 Å². The Hall–Kier alpha value is -1.07. The van der Waals surface area contributed by atoms with Gasteiger partial charge in [0, 0.05) is 6.42 Å². The molecule has 7 atom stereocenters. The fourth-order valence-corrected chi connectivity index (χ4v) is 5.85. The first kappa shape index (κ1) is 42.0. The van der Waals surface area contributed by atoms with Crippen LogP contribution in [0, 0.1) is 0 Å². The number of rotatable bonds is 29. The molecule has 266 valence electrons. The summed E-state index contributed by atoms with van der Waals surface area (Å²) in [5, 5.41) is 53.1. The predicted molar refractivity (Wildman–Crippen MR) is 180 cm³/mol. The van der Waals surface area contributed by atoms with Crippen LogP contribution in [0.5, 0.6) is 0 Å². The van der Waals surface area contributed by atoms with Gasteiger partial charge in [0.1, 0.15) is 24.4 Å². The highest BCUT2D eigenvalue weighted by molar-refractivity contribution is 5.76. The Morgan fingerprint density at radius 1 is 0.733 bits per heavy atom. The summed E-state index contributed by atoms with van der Waals surface area (Å²) in [4.78, 5) is 12.2. The standard InChI is InChI=1S/C36H69NO8/c1-3-5-6-7-8-9-10-11-12-13-14-15-16-17-18-19-20-21-22-23-24-26-30(39)29(37-32(40)25-4-2)28-44-36-35(43)34(42)33(41)31(27-38)45-36/h24,26,29-31,33-36,38-39,41-43H,3-23,25,27-28H2,1-2H3,(H,37,40)/b26-24+. The van der Waals surface area contributed by atoms with E-state index in [-0.39, 0.29) is 12.5 Å². The van der Waals surface area contributed by atoms with Crippen LogP contribution in [0.4, 0.5) is 0 Å². The van der Waals surface area contributed by atoms with Gasteiger partial charge in [-0.05, 0) is 19.3 Å². The topological polar surface area (TPSA) is 149 Å². The van der Waals surface area contributed by atoms with Crippen molar-refractivity contribution < 1.29 is 39.8 Å². The Kier molecular flexibility index (Phi) is 26.1. The molecule has 6 N–H and O–H groups in total. The molecule has 0 radical (unpaired) electrons. The van der Waals surface area contributed by atoms with E-state index in [4.69, 9.17) is 9.47 Å². The minimum absolute atomic E-state index is 0.192. The van der Waals surface area contributed by atoms with E-state index < -0.39 is 49.5 Å². The average Bonchev–Trinajstić information content (AvgIpc) is 3.03. The quantitative estimate of drug-likeness (QED) is 0.0441. The van der Waals surface area contributed by atoms with Crippen LogP contribution in [0.2, 0.25) is 0 Å². The average molecular weight is 644 g/mol. The van der Waals surface area contributed by atoms with E-state index in [0.717, 1.165) is 19.3 Å². The minimum Gasteiger partial charge on any atom is -0.394 e. The van der Waals surface area contributed by atoms with Gasteiger partial charge < -0.3 is 40.3 Å². The molecule has 1 heterocycles. The van der Waals surface area contributed by atoms with Crippen LogP contribution in [0.15, 0.2) is 12.2 Å². The number of carbonyl (C=O) groups excluding carboxylic acids is 1. The van der Waals surface area contributed by atoms with E-state index in [1.807, 2.05) is 13.0 Å². The highest BCUT2D eigenvalue weighted by Gasteiger charge is 2.44. The molecule has 0 aliphatic carbocycles. The van der Waals surface area contributed by atoms with E-state index in [2.05, 4.69) is 12.2 Å². The maximum atomic E-state index is 12.2. The maximum absolute atomic E-state index is 12.2. The van der Waals surface area contributed by atoms with Gasteiger partial charge in [0.25, 0.3) is 0 Å². The molecular formula is C36H69NO8. The molecule has 0 spiro atoms. The molecule has 0 saturated carbocycles. The van der Waals surface area contributed by atoms with Crippen molar-refractivity contribution in [3.8, 4) is 0 Å². The summed E-state index contributed by atoms with van der Waals surface area (Å²) in [5.74, 6) is -0.230. The first-order valence-corrected chi connectivity index (χ1v) is 18.4. The number of carbonyl (C=O) groups is 1. The molecule has 0 aromatic rings. The Labute approximate surface area is 274 Å². The Morgan fingerprint density at radius 2 is 1.22 bits per heavy atom. The normalized spacial score (nSPS) is 23.4. The maximum Gasteiger partial charge on any atom is 0.220 e. The lowest BCUT2D eigenvalue weighted by atomic mass is 9.99. The van der Waals surface area contributed by atoms with Gasteiger partial charge in [-0.2, -0.15) is 0 Å². The minimum atomic E-state index is -1.56. The number of hydrogen-bond donors (Lipinski definition) is 6. The van der Waals surface area contributed by atoms with Crippen LogP contribution in [0.1, 0.15) is 155 Å². The number of amides is 1. The molecule has 1 aliphatic rings. The Morgan fingerprint density at radius 3 is 1.69 bits per heavy atom. The first-order valence-electron chi connectivity index (χ1n) is 18.4. The number of hydrogen-bond acceptors (Lipinski definition) is 8. The second-order valence-corrected chi connectivity index (χ2v) is 13.0. The van der Waals surface area contributed by atoms with Crippen molar-refractivity contribution in [2.45, 2.75) is 198 Å². The predicted octanol–water partition coefficient (Wildman–Crippen LogP) is 5.83. The lowest BCUT2D eigenvalue weighted by Crippen LogP contribution is -2.60. The Balaban J connectivity index is 2.16. The van der Waals surface area contributed by atoms with Crippen molar-refractivity contribution in [3.63, 3.8) is 0 Å². The molecule has 9 nitrogen and oxygen atoms in total. The van der Waals surface area contributed by atoms with Crippen molar-refractivity contribution in [1.29, 1.82) is 0 Å². The summed E-state index contributed by atoms with van der Waals surface area (Å²) in [5.41, 5.74) is 0. The number of nitrogens with one attached hydrogen (secondary N) is 1. The van der Waals surface area contributed by atoms with Crippen LogP contribution >= 0.6 is 0 Å². The molecule has 45 heavy (non-hydrogen) atoms. The summed E-state index contributed by atoms with van der Waals surface area (Å²) < 4.78 is 11.0. The molecular weight excluding hydrogens is 574 g/mol. The van der Waals surface area contributed by atoms with Crippen LogP contribution in [0.25, 0.3) is 0 Å². The lowest BCUT2D eigenvalue weighted by molar-refractivity contribution is -0.302. The molecule has 1 fully saturated rings. The first-order chi connectivity index (χ1) is 21.8. The number of unbranched alkanes of at least 4 members (excludes halogenated alkanes) is 19. The molecule has 1 saturated heterocycles. The number of ether oxygens (including phenoxy) is 2. The summed E-state index contributed by atoms with van der Waals surface area (Å²) in [6.07, 6.45) is 22.8. The third kappa shape index (κ3) is 20.0. The van der Waals surface area contributed by atoms with Crippen LogP contribution in [0.3, 0.4) is 0 Å². The SMILES string of the molecule is CCCCCCCCCCCCCCCCCCCCC/C=C/C(O)C(COC1OC(CO)C(O)C(O)C1O)NC(=O)CCC. The third-order valence-corrected chi connectivity index (χ3v) is 8.83. The summed E-state index contributed by atoms with van der Waals surface area (Å²) in [7, 11) is 0. The summed E-state index contributed by atoms with van der Waals surface area (Å²) >= 11 is 0. The van der Waals surface area contributed by atoms with Gasteiger partial charge >= 0.3 is 0 Å². The molecule has 9 heteroatoms. The largest absolute Gasteiger partial charge is 0.394 e. The number of aliphatic hydroxyl groups is 5. The van der Waals surface area contributed by atoms with Gasteiger partial charge in [0.15, 0.2) is 6.29 Å². The van der Waals surface area contributed by atoms with Crippen molar-refractivity contribution in [2.24, 2.45) is 0 Å². The smallest absolute Gasteiger partial charge is 0.220 e. The van der Waals surface area contributed by atoms with Crippen molar-refractivity contribution in [3.05, 3.63) is 12.2 Å². The molecule has 0 aromatic carbocycles. The molecule has 1 aliphatic heterocycles. The molecule has 0 aromatic heterocycles.